The minimum Gasteiger partial charge on any atom is -0.292 e. The van der Waals surface area contributed by atoms with Gasteiger partial charge in [-0.3, -0.25) is 9.62 Å². The molecule has 2 aliphatic heterocycles. The monoisotopic (exact) mass is 286 g/mol. The van der Waals surface area contributed by atoms with E-state index < -0.39 is 11.0 Å². The summed E-state index contributed by atoms with van der Waals surface area (Å²) >= 11 is 3.38. The van der Waals surface area contributed by atoms with Crippen LogP contribution in [-0.4, -0.2) is 16.8 Å². The van der Waals surface area contributed by atoms with Crippen molar-refractivity contribution in [3.63, 3.8) is 0 Å². The van der Waals surface area contributed by atoms with Gasteiger partial charge in [0.2, 0.25) is 0 Å². The van der Waals surface area contributed by atoms with Crippen LogP contribution in [-0.2, 0) is 17.4 Å². The van der Waals surface area contributed by atoms with Crippen LogP contribution in [0.1, 0.15) is 5.56 Å². The third-order valence-corrected chi connectivity index (χ3v) is 4.15. The SMILES string of the molecule is O=C1NS(=O)c2cc(Br)cc3c2N1CC3. The maximum atomic E-state index is 11.7. The highest BCUT2D eigenvalue weighted by molar-refractivity contribution is 9.10. The molecule has 4 nitrogen and oxygen atoms in total. The molecule has 15 heavy (non-hydrogen) atoms. The van der Waals surface area contributed by atoms with Crippen LogP contribution in [0, 0.1) is 0 Å². The summed E-state index contributed by atoms with van der Waals surface area (Å²) in [4.78, 5) is 13.9. The van der Waals surface area contributed by atoms with Crippen molar-refractivity contribution < 1.29 is 9.00 Å². The highest BCUT2D eigenvalue weighted by Crippen LogP contribution is 2.38. The smallest absolute Gasteiger partial charge is 0.292 e. The lowest BCUT2D eigenvalue weighted by atomic mass is 10.2. The van der Waals surface area contributed by atoms with Crippen LogP contribution < -0.4 is 9.62 Å². The van der Waals surface area contributed by atoms with Crippen LogP contribution in [0.15, 0.2) is 21.5 Å². The van der Waals surface area contributed by atoms with Gasteiger partial charge in [-0.15, -0.1) is 0 Å². The first-order valence-corrected chi connectivity index (χ1v) is 6.43. The maximum absolute atomic E-state index is 11.7. The second-order valence-corrected chi connectivity index (χ2v) is 5.59. The van der Waals surface area contributed by atoms with Gasteiger partial charge in [-0.05, 0) is 24.1 Å². The number of anilines is 1. The van der Waals surface area contributed by atoms with Crippen LogP contribution in [0.3, 0.4) is 0 Å². The number of benzene rings is 1. The normalized spacial score (nSPS) is 22.6. The van der Waals surface area contributed by atoms with Gasteiger partial charge < -0.3 is 0 Å². The van der Waals surface area contributed by atoms with Crippen molar-refractivity contribution in [3.05, 3.63) is 22.2 Å². The molecule has 3 rings (SSSR count). The van der Waals surface area contributed by atoms with E-state index in [2.05, 4.69) is 20.7 Å². The number of rotatable bonds is 0. The molecular weight excluding hydrogens is 280 g/mol. The standard InChI is InChI=1S/C9H7BrN2O2S/c10-6-3-5-1-2-12-8(5)7(4-6)15(14)11-9(12)13/h3-4H,1-2H2,(H,11,13). The number of hydrogen-bond donors (Lipinski definition) is 1. The van der Waals surface area contributed by atoms with E-state index >= 15 is 0 Å². The average molecular weight is 287 g/mol. The van der Waals surface area contributed by atoms with Crippen LogP contribution in [0.5, 0.6) is 0 Å². The fourth-order valence-electron chi connectivity index (χ4n) is 2.00. The van der Waals surface area contributed by atoms with E-state index in [4.69, 9.17) is 0 Å². The quantitative estimate of drug-likeness (QED) is 0.787. The number of urea groups is 1. The highest BCUT2D eigenvalue weighted by atomic mass is 79.9. The van der Waals surface area contributed by atoms with Crippen molar-refractivity contribution in [2.45, 2.75) is 11.3 Å². The predicted octanol–water partition coefficient (Wildman–Crippen LogP) is 1.56. The summed E-state index contributed by atoms with van der Waals surface area (Å²) in [5.41, 5.74) is 1.92. The van der Waals surface area contributed by atoms with Crippen LogP contribution in [0.25, 0.3) is 0 Å². The lowest BCUT2D eigenvalue weighted by molar-refractivity contribution is 0.251. The number of nitrogens with zero attached hydrogens (tertiary/aromatic N) is 1. The fourth-order valence-corrected chi connectivity index (χ4v) is 3.69. The van der Waals surface area contributed by atoms with Gasteiger partial charge in [0.1, 0.15) is 0 Å². The Morgan fingerprint density at radius 2 is 2.27 bits per heavy atom. The Morgan fingerprint density at radius 3 is 3.07 bits per heavy atom. The molecule has 0 aliphatic carbocycles. The van der Waals surface area contributed by atoms with Gasteiger partial charge in [0.05, 0.1) is 10.6 Å². The molecule has 1 unspecified atom stereocenters. The maximum Gasteiger partial charge on any atom is 0.334 e. The topological polar surface area (TPSA) is 49.4 Å². The van der Waals surface area contributed by atoms with Crippen LogP contribution in [0.4, 0.5) is 10.5 Å². The van der Waals surface area contributed by atoms with E-state index in [9.17, 15) is 9.00 Å². The van der Waals surface area contributed by atoms with Crippen molar-refractivity contribution in [3.8, 4) is 0 Å². The highest BCUT2D eigenvalue weighted by Gasteiger charge is 2.34. The van der Waals surface area contributed by atoms with Gasteiger partial charge in [0.15, 0.2) is 11.0 Å². The molecule has 0 fully saturated rings. The summed E-state index contributed by atoms with van der Waals surface area (Å²) in [7, 11) is -1.42. The molecule has 0 spiro atoms. The summed E-state index contributed by atoms with van der Waals surface area (Å²) in [6.07, 6.45) is 0.826. The Hall–Kier alpha value is -0.880. The Labute approximate surface area is 97.4 Å². The second kappa shape index (κ2) is 3.05. The number of carbonyl (C=O) groups is 1. The van der Waals surface area contributed by atoms with E-state index in [1.807, 2.05) is 6.07 Å². The fraction of sp³-hybridized carbons (Fsp3) is 0.222. The molecule has 1 atom stereocenters. The number of halogens is 1. The summed E-state index contributed by atoms with van der Waals surface area (Å²) in [6.45, 7) is 0.668. The first-order valence-electron chi connectivity index (χ1n) is 4.49. The molecule has 2 amide bonds. The number of nitrogens with one attached hydrogen (secondary N) is 1. The van der Waals surface area contributed by atoms with Crippen molar-refractivity contribution in [1.29, 1.82) is 0 Å². The molecule has 1 aromatic rings. The number of carbonyl (C=O) groups excluding carboxylic acids is 1. The number of hydrogen-bond acceptors (Lipinski definition) is 2. The van der Waals surface area contributed by atoms with Crippen molar-refractivity contribution >= 4 is 38.6 Å². The van der Waals surface area contributed by atoms with Gasteiger partial charge in [-0.1, -0.05) is 15.9 Å². The second-order valence-electron chi connectivity index (χ2n) is 3.49. The molecule has 0 radical (unpaired) electrons. The predicted molar refractivity (Wildman–Crippen MR) is 60.1 cm³/mol. The van der Waals surface area contributed by atoms with Gasteiger partial charge in [-0.2, -0.15) is 0 Å². The van der Waals surface area contributed by atoms with E-state index in [0.717, 1.165) is 22.1 Å². The van der Waals surface area contributed by atoms with Gasteiger partial charge in [0, 0.05) is 11.0 Å². The van der Waals surface area contributed by atoms with E-state index in [1.54, 1.807) is 11.0 Å². The largest absolute Gasteiger partial charge is 0.334 e. The molecule has 0 saturated heterocycles. The Kier molecular flexibility index (Phi) is 1.90. The molecule has 78 valence electrons. The lowest BCUT2D eigenvalue weighted by Crippen LogP contribution is -2.44. The Bertz CT molecular complexity index is 503. The van der Waals surface area contributed by atoms with Crippen molar-refractivity contribution in [2.75, 3.05) is 11.4 Å². The summed E-state index contributed by atoms with van der Waals surface area (Å²) < 4.78 is 15.0. The minimum absolute atomic E-state index is 0.262. The van der Waals surface area contributed by atoms with Crippen LogP contribution >= 0.6 is 15.9 Å². The summed E-state index contributed by atoms with van der Waals surface area (Å²) in [5, 5.41) is 0. The first-order chi connectivity index (χ1) is 7.16. The van der Waals surface area contributed by atoms with Gasteiger partial charge in [0.25, 0.3) is 0 Å². The van der Waals surface area contributed by atoms with E-state index in [-0.39, 0.29) is 6.03 Å². The third kappa shape index (κ3) is 1.24. The lowest BCUT2D eigenvalue weighted by Gasteiger charge is -2.25. The van der Waals surface area contributed by atoms with Crippen LogP contribution in [0.2, 0.25) is 0 Å². The molecule has 0 saturated carbocycles. The molecule has 0 bridgehead atoms. The zero-order valence-corrected chi connectivity index (χ0v) is 10.0. The molecule has 6 heteroatoms. The zero-order valence-electron chi connectivity index (χ0n) is 7.62. The zero-order chi connectivity index (χ0) is 10.6. The summed E-state index contributed by atoms with van der Waals surface area (Å²) in [6, 6.07) is 3.52. The molecule has 1 N–H and O–H groups in total. The molecular formula is C9H7BrN2O2S. The molecule has 2 heterocycles. The Morgan fingerprint density at radius 1 is 1.47 bits per heavy atom. The van der Waals surface area contributed by atoms with Gasteiger partial charge >= 0.3 is 6.03 Å². The van der Waals surface area contributed by atoms with Crippen molar-refractivity contribution in [1.82, 2.24) is 4.72 Å². The number of amides is 2. The first kappa shape index (κ1) is 9.35. The molecule has 2 aliphatic rings. The third-order valence-electron chi connectivity index (χ3n) is 2.62. The summed E-state index contributed by atoms with van der Waals surface area (Å²) in [5.74, 6) is 0. The van der Waals surface area contributed by atoms with Crippen molar-refractivity contribution in [2.24, 2.45) is 0 Å². The van der Waals surface area contributed by atoms with E-state index in [0.29, 0.717) is 11.4 Å². The molecule has 0 aromatic heterocycles. The Balaban J connectivity index is 2.31. The average Bonchev–Trinajstić information content (AvgIpc) is 2.58. The molecule has 1 aromatic carbocycles. The van der Waals surface area contributed by atoms with Gasteiger partial charge in [-0.25, -0.2) is 9.00 Å². The van der Waals surface area contributed by atoms with E-state index in [1.165, 1.54) is 0 Å². The minimum atomic E-state index is -1.42.